The lowest BCUT2D eigenvalue weighted by Crippen LogP contribution is -2.46. The first-order valence-corrected chi connectivity index (χ1v) is 7.28. The molecule has 2 aromatic heterocycles. The Balaban J connectivity index is 1.60. The van der Waals surface area contributed by atoms with Gasteiger partial charge in [-0.25, -0.2) is 9.37 Å². The Morgan fingerprint density at radius 1 is 1.14 bits per heavy atom. The number of nitrogens with zero attached hydrogens (tertiary/aromatic N) is 4. The van der Waals surface area contributed by atoms with Crippen LogP contribution in [0.1, 0.15) is 5.69 Å². The molecule has 1 saturated heterocycles. The molecule has 3 heterocycles. The molecule has 0 aliphatic carbocycles. The van der Waals surface area contributed by atoms with Crippen molar-refractivity contribution in [3.05, 3.63) is 53.2 Å². The first-order valence-electron chi connectivity index (χ1n) is 6.90. The zero-order valence-electron chi connectivity index (χ0n) is 11.5. The van der Waals surface area contributed by atoms with Gasteiger partial charge in [-0.2, -0.15) is 0 Å². The maximum Gasteiger partial charge on any atom is 0.167 e. The summed E-state index contributed by atoms with van der Waals surface area (Å²) in [6.45, 7) is 4.04. The van der Waals surface area contributed by atoms with Crippen LogP contribution in [0.25, 0.3) is 0 Å². The molecule has 0 bridgehead atoms. The molecule has 0 unspecified atom stereocenters. The van der Waals surface area contributed by atoms with Crippen LogP contribution in [-0.4, -0.2) is 41.0 Å². The number of hydrogen-bond donors (Lipinski definition) is 0. The Morgan fingerprint density at radius 3 is 2.62 bits per heavy atom. The fourth-order valence-electron chi connectivity index (χ4n) is 2.48. The van der Waals surface area contributed by atoms with E-state index in [1.807, 2.05) is 23.1 Å². The molecule has 6 heteroatoms. The molecule has 21 heavy (non-hydrogen) atoms. The number of pyridine rings is 2. The van der Waals surface area contributed by atoms with Crippen LogP contribution in [0, 0.1) is 5.82 Å². The van der Waals surface area contributed by atoms with E-state index in [9.17, 15) is 4.39 Å². The van der Waals surface area contributed by atoms with Gasteiger partial charge in [0, 0.05) is 45.1 Å². The summed E-state index contributed by atoms with van der Waals surface area (Å²) >= 11 is 5.73. The molecule has 110 valence electrons. The molecule has 1 aliphatic heterocycles. The van der Waals surface area contributed by atoms with Gasteiger partial charge in [0.1, 0.15) is 0 Å². The Morgan fingerprint density at radius 2 is 1.95 bits per heavy atom. The van der Waals surface area contributed by atoms with E-state index in [1.54, 1.807) is 6.20 Å². The van der Waals surface area contributed by atoms with E-state index in [-0.39, 0.29) is 5.82 Å². The van der Waals surface area contributed by atoms with E-state index >= 15 is 0 Å². The molecule has 4 nitrogen and oxygen atoms in total. The molecule has 0 aromatic carbocycles. The molecule has 0 N–H and O–H groups in total. The first kappa shape index (κ1) is 14.2. The van der Waals surface area contributed by atoms with Crippen LogP contribution in [0.15, 0.2) is 36.7 Å². The Bertz CT molecular complexity index is 600. The number of piperazine rings is 1. The second-order valence-electron chi connectivity index (χ2n) is 5.04. The SMILES string of the molecule is Fc1cc(Cl)cnc1N1CCN(Cc2ccccn2)CC1. The van der Waals surface area contributed by atoms with Gasteiger partial charge in [0.25, 0.3) is 0 Å². The highest BCUT2D eigenvalue weighted by Crippen LogP contribution is 2.21. The van der Waals surface area contributed by atoms with Gasteiger partial charge in [-0.3, -0.25) is 9.88 Å². The van der Waals surface area contributed by atoms with Crippen molar-refractivity contribution in [2.75, 3.05) is 31.1 Å². The average molecular weight is 307 g/mol. The predicted octanol–water partition coefficient (Wildman–Crippen LogP) is 2.59. The predicted molar refractivity (Wildman–Crippen MR) is 80.9 cm³/mol. The van der Waals surface area contributed by atoms with E-state index in [2.05, 4.69) is 14.9 Å². The summed E-state index contributed by atoms with van der Waals surface area (Å²) < 4.78 is 13.9. The normalized spacial score (nSPS) is 16.2. The van der Waals surface area contributed by atoms with Crippen molar-refractivity contribution in [1.82, 2.24) is 14.9 Å². The van der Waals surface area contributed by atoms with Crippen LogP contribution in [0.2, 0.25) is 5.02 Å². The molecular weight excluding hydrogens is 291 g/mol. The Hall–Kier alpha value is -1.72. The minimum absolute atomic E-state index is 0.324. The average Bonchev–Trinajstić information content (AvgIpc) is 2.49. The van der Waals surface area contributed by atoms with E-state index in [0.717, 1.165) is 38.4 Å². The number of rotatable bonds is 3. The number of halogens is 2. The lowest BCUT2D eigenvalue weighted by atomic mass is 10.2. The third-order valence-electron chi connectivity index (χ3n) is 3.57. The van der Waals surface area contributed by atoms with E-state index in [4.69, 9.17) is 11.6 Å². The third kappa shape index (κ3) is 3.49. The topological polar surface area (TPSA) is 32.3 Å². The minimum Gasteiger partial charge on any atom is -0.352 e. The summed E-state index contributed by atoms with van der Waals surface area (Å²) in [5.74, 6) is 0.0255. The van der Waals surface area contributed by atoms with Gasteiger partial charge >= 0.3 is 0 Å². The Labute approximate surface area is 128 Å². The highest BCUT2D eigenvalue weighted by Gasteiger charge is 2.20. The fraction of sp³-hybridized carbons (Fsp3) is 0.333. The lowest BCUT2D eigenvalue weighted by Gasteiger charge is -2.35. The van der Waals surface area contributed by atoms with Gasteiger partial charge in [-0.15, -0.1) is 0 Å². The first-order chi connectivity index (χ1) is 10.2. The summed E-state index contributed by atoms with van der Waals surface area (Å²) in [6.07, 6.45) is 3.29. The molecule has 0 amide bonds. The second-order valence-corrected chi connectivity index (χ2v) is 5.48. The molecule has 3 rings (SSSR count). The van der Waals surface area contributed by atoms with Crippen molar-refractivity contribution in [2.45, 2.75) is 6.54 Å². The van der Waals surface area contributed by atoms with Crippen molar-refractivity contribution >= 4 is 17.4 Å². The maximum absolute atomic E-state index is 13.9. The molecule has 0 saturated carbocycles. The van der Waals surface area contributed by atoms with E-state index in [1.165, 1.54) is 12.3 Å². The summed E-state index contributed by atoms with van der Waals surface area (Å²) in [4.78, 5) is 12.7. The van der Waals surface area contributed by atoms with Crippen molar-refractivity contribution < 1.29 is 4.39 Å². The third-order valence-corrected chi connectivity index (χ3v) is 3.78. The number of anilines is 1. The Kier molecular flexibility index (Phi) is 4.31. The quantitative estimate of drug-likeness (QED) is 0.872. The summed E-state index contributed by atoms with van der Waals surface area (Å²) in [5, 5.41) is 0.324. The van der Waals surface area contributed by atoms with Crippen molar-refractivity contribution in [3.63, 3.8) is 0 Å². The van der Waals surface area contributed by atoms with Crippen molar-refractivity contribution in [1.29, 1.82) is 0 Å². The molecule has 0 atom stereocenters. The molecule has 1 fully saturated rings. The lowest BCUT2D eigenvalue weighted by molar-refractivity contribution is 0.246. The summed E-state index contributed by atoms with van der Waals surface area (Å²) in [6, 6.07) is 7.24. The van der Waals surface area contributed by atoms with E-state index < -0.39 is 0 Å². The van der Waals surface area contributed by atoms with Gasteiger partial charge in [-0.1, -0.05) is 17.7 Å². The monoisotopic (exact) mass is 306 g/mol. The molecule has 0 spiro atoms. The van der Waals surface area contributed by atoms with Gasteiger partial charge in [0.05, 0.1) is 10.7 Å². The van der Waals surface area contributed by atoms with Gasteiger partial charge < -0.3 is 4.90 Å². The highest BCUT2D eigenvalue weighted by atomic mass is 35.5. The molecule has 1 aliphatic rings. The summed E-state index contributed by atoms with van der Waals surface area (Å²) in [5.41, 5.74) is 1.06. The fourth-order valence-corrected chi connectivity index (χ4v) is 2.62. The van der Waals surface area contributed by atoms with Gasteiger partial charge in [0.2, 0.25) is 0 Å². The standard InChI is InChI=1S/C15H16ClFN4/c16-12-9-14(17)15(19-10-12)21-7-5-20(6-8-21)11-13-3-1-2-4-18-13/h1-4,9-10H,5-8,11H2. The van der Waals surface area contributed by atoms with Gasteiger partial charge in [0.15, 0.2) is 11.6 Å². The van der Waals surface area contributed by atoms with Crippen LogP contribution in [0.5, 0.6) is 0 Å². The zero-order valence-corrected chi connectivity index (χ0v) is 12.3. The van der Waals surface area contributed by atoms with E-state index in [0.29, 0.717) is 10.8 Å². The molecule has 2 aromatic rings. The van der Waals surface area contributed by atoms with Crippen LogP contribution in [-0.2, 0) is 6.54 Å². The highest BCUT2D eigenvalue weighted by molar-refractivity contribution is 6.30. The largest absolute Gasteiger partial charge is 0.352 e. The van der Waals surface area contributed by atoms with Crippen LogP contribution < -0.4 is 4.90 Å². The van der Waals surface area contributed by atoms with Crippen LogP contribution >= 0.6 is 11.6 Å². The van der Waals surface area contributed by atoms with Crippen LogP contribution in [0.4, 0.5) is 10.2 Å². The molecular formula is C15H16ClFN4. The summed E-state index contributed by atoms with van der Waals surface area (Å²) in [7, 11) is 0. The number of aromatic nitrogens is 2. The van der Waals surface area contributed by atoms with Crippen LogP contribution in [0.3, 0.4) is 0 Å². The van der Waals surface area contributed by atoms with Crippen molar-refractivity contribution in [2.24, 2.45) is 0 Å². The van der Waals surface area contributed by atoms with Gasteiger partial charge in [-0.05, 0) is 18.2 Å². The molecule has 0 radical (unpaired) electrons. The maximum atomic E-state index is 13.9. The minimum atomic E-state index is -0.360. The smallest absolute Gasteiger partial charge is 0.167 e. The number of hydrogen-bond acceptors (Lipinski definition) is 4. The zero-order chi connectivity index (χ0) is 14.7. The second kappa shape index (κ2) is 6.37. The van der Waals surface area contributed by atoms with Crippen molar-refractivity contribution in [3.8, 4) is 0 Å².